The normalized spacial score (nSPS) is 35.1. The van der Waals surface area contributed by atoms with Crippen LogP contribution in [-0.2, 0) is 10.3 Å². The minimum absolute atomic E-state index is 0.330. The molecule has 0 spiro atoms. The molecule has 0 aromatic heterocycles. The fourth-order valence-corrected chi connectivity index (χ4v) is 2.22. The Morgan fingerprint density at radius 1 is 1.32 bits per heavy atom. The summed E-state index contributed by atoms with van der Waals surface area (Å²) in [5.41, 5.74) is -4.47. The highest BCUT2D eigenvalue weighted by Crippen LogP contribution is 2.39. The highest BCUT2D eigenvalue weighted by molar-refractivity contribution is 5.86. The highest BCUT2D eigenvalue weighted by Gasteiger charge is 2.52. The number of carbonyl (C=O) groups excluding carboxylic acids is 1. The Labute approximate surface area is 107 Å². The van der Waals surface area contributed by atoms with Crippen molar-refractivity contribution in [3.8, 4) is 0 Å². The van der Waals surface area contributed by atoms with Crippen LogP contribution in [0.3, 0.4) is 0 Å². The van der Waals surface area contributed by atoms with Crippen LogP contribution in [0.15, 0.2) is 18.2 Å². The molecule has 6 heteroatoms. The molecule has 2 rings (SSSR count). The molecule has 1 heterocycles. The number of rotatable bonds is 1. The predicted molar refractivity (Wildman–Crippen MR) is 60.9 cm³/mol. The summed E-state index contributed by atoms with van der Waals surface area (Å²) >= 11 is 0. The number of amides is 1. The van der Waals surface area contributed by atoms with Gasteiger partial charge in [0, 0.05) is 12.0 Å². The van der Waals surface area contributed by atoms with Crippen LogP contribution in [0.25, 0.3) is 0 Å². The van der Waals surface area contributed by atoms with E-state index in [0.717, 1.165) is 13.0 Å². The molecule has 1 saturated heterocycles. The average Bonchev–Trinajstić information content (AvgIpc) is 2.30. The molecular formula is C13H13F4NO. The lowest BCUT2D eigenvalue weighted by Gasteiger charge is -2.42. The minimum atomic E-state index is -2.36. The van der Waals surface area contributed by atoms with E-state index in [0.29, 0.717) is 0 Å². The molecule has 1 aliphatic heterocycles. The predicted octanol–water partition coefficient (Wildman–Crippen LogP) is 2.77. The van der Waals surface area contributed by atoms with E-state index < -0.39 is 41.3 Å². The molecule has 0 radical (unpaired) electrons. The summed E-state index contributed by atoms with van der Waals surface area (Å²) in [6.45, 7) is 2.17. The zero-order chi connectivity index (χ0) is 14.4. The van der Waals surface area contributed by atoms with Crippen molar-refractivity contribution in [2.24, 2.45) is 0 Å². The number of carbonyl (C=O) groups is 1. The number of halogens is 4. The quantitative estimate of drug-likeness (QED) is 0.784. The van der Waals surface area contributed by atoms with E-state index in [9.17, 15) is 22.4 Å². The van der Waals surface area contributed by atoms with Crippen molar-refractivity contribution < 1.29 is 22.4 Å². The maximum Gasteiger partial charge on any atom is 0.258 e. The van der Waals surface area contributed by atoms with Gasteiger partial charge in [0.05, 0.1) is 5.54 Å². The minimum Gasteiger partial charge on any atom is -0.341 e. The van der Waals surface area contributed by atoms with E-state index in [1.807, 2.05) is 0 Å². The summed E-state index contributed by atoms with van der Waals surface area (Å²) < 4.78 is 54.8. The Balaban J connectivity index is 2.48. The highest BCUT2D eigenvalue weighted by atomic mass is 19.2. The third-order valence-corrected chi connectivity index (χ3v) is 3.55. The van der Waals surface area contributed by atoms with Crippen LogP contribution in [0.5, 0.6) is 0 Å². The number of hydrogen-bond acceptors (Lipinski definition) is 1. The van der Waals surface area contributed by atoms with Crippen LogP contribution in [0.1, 0.15) is 25.8 Å². The van der Waals surface area contributed by atoms with E-state index >= 15 is 0 Å². The largest absolute Gasteiger partial charge is 0.341 e. The first-order chi connectivity index (χ1) is 8.68. The van der Waals surface area contributed by atoms with E-state index in [2.05, 4.69) is 5.32 Å². The summed E-state index contributed by atoms with van der Waals surface area (Å²) in [5.74, 6) is -3.42. The van der Waals surface area contributed by atoms with Crippen molar-refractivity contribution >= 4 is 5.91 Å². The molecule has 19 heavy (non-hydrogen) atoms. The summed E-state index contributed by atoms with van der Waals surface area (Å²) in [6.07, 6.45) is -2.57. The maximum absolute atomic E-state index is 14.2. The number of piperidine rings is 1. The Morgan fingerprint density at radius 2 is 1.95 bits per heavy atom. The van der Waals surface area contributed by atoms with Crippen molar-refractivity contribution in [2.45, 2.75) is 37.6 Å². The Hall–Kier alpha value is -1.59. The molecule has 1 aromatic carbocycles. The summed E-state index contributed by atoms with van der Waals surface area (Å²) in [4.78, 5) is 11.6. The third kappa shape index (κ3) is 2.09. The molecule has 0 aliphatic carbocycles. The standard InChI is InChI=1S/C13H13F4NO/c1-12(17)6-9(15)13(2,18-11(12)19)7-4-3-5-8(14)10(7)16/h3-5,9H,6H2,1-2H3,(H,18,19)/t9-,12+,13+/m0/s1. The molecule has 104 valence electrons. The van der Waals surface area contributed by atoms with Gasteiger partial charge in [-0.25, -0.2) is 17.6 Å². The second-order valence-electron chi connectivity index (χ2n) is 5.13. The van der Waals surface area contributed by atoms with Gasteiger partial charge in [-0.1, -0.05) is 12.1 Å². The van der Waals surface area contributed by atoms with Gasteiger partial charge in [-0.3, -0.25) is 4.79 Å². The zero-order valence-electron chi connectivity index (χ0n) is 10.4. The second-order valence-corrected chi connectivity index (χ2v) is 5.13. The van der Waals surface area contributed by atoms with Crippen LogP contribution in [0, 0.1) is 11.6 Å². The molecule has 3 atom stereocenters. The van der Waals surface area contributed by atoms with E-state index in [1.165, 1.54) is 19.1 Å². The van der Waals surface area contributed by atoms with E-state index in [4.69, 9.17) is 0 Å². The number of nitrogens with one attached hydrogen (secondary N) is 1. The van der Waals surface area contributed by atoms with Gasteiger partial charge in [0.1, 0.15) is 6.17 Å². The van der Waals surface area contributed by atoms with Crippen molar-refractivity contribution in [1.29, 1.82) is 0 Å². The smallest absolute Gasteiger partial charge is 0.258 e. The molecule has 1 N–H and O–H groups in total. The summed E-state index contributed by atoms with van der Waals surface area (Å²) in [7, 11) is 0. The molecule has 0 bridgehead atoms. The fraction of sp³-hybridized carbons (Fsp3) is 0.462. The van der Waals surface area contributed by atoms with Gasteiger partial charge >= 0.3 is 0 Å². The lowest BCUT2D eigenvalue weighted by molar-refractivity contribution is -0.142. The van der Waals surface area contributed by atoms with Crippen LogP contribution in [0.4, 0.5) is 17.6 Å². The van der Waals surface area contributed by atoms with Gasteiger partial charge in [0.25, 0.3) is 5.91 Å². The summed E-state index contributed by atoms with van der Waals surface area (Å²) in [5, 5.41) is 2.12. The zero-order valence-corrected chi connectivity index (χ0v) is 10.4. The topological polar surface area (TPSA) is 29.1 Å². The molecular weight excluding hydrogens is 262 g/mol. The molecule has 2 nitrogen and oxygen atoms in total. The van der Waals surface area contributed by atoms with Crippen molar-refractivity contribution in [1.82, 2.24) is 5.32 Å². The van der Waals surface area contributed by atoms with Gasteiger partial charge < -0.3 is 5.32 Å². The Morgan fingerprint density at radius 3 is 2.58 bits per heavy atom. The maximum atomic E-state index is 14.2. The van der Waals surface area contributed by atoms with E-state index in [-0.39, 0.29) is 5.56 Å². The lowest BCUT2D eigenvalue weighted by Crippen LogP contribution is -2.62. The van der Waals surface area contributed by atoms with Gasteiger partial charge in [-0.05, 0) is 19.9 Å². The average molecular weight is 275 g/mol. The van der Waals surface area contributed by atoms with Crippen LogP contribution in [-0.4, -0.2) is 17.7 Å². The molecule has 1 aliphatic rings. The number of alkyl halides is 2. The molecule has 1 fully saturated rings. The molecule has 0 saturated carbocycles. The number of benzene rings is 1. The molecule has 1 aromatic rings. The van der Waals surface area contributed by atoms with Gasteiger partial charge in [0.2, 0.25) is 0 Å². The van der Waals surface area contributed by atoms with Crippen LogP contribution < -0.4 is 5.32 Å². The van der Waals surface area contributed by atoms with Gasteiger partial charge in [-0.15, -0.1) is 0 Å². The monoisotopic (exact) mass is 275 g/mol. The van der Waals surface area contributed by atoms with Crippen molar-refractivity contribution in [3.05, 3.63) is 35.4 Å². The van der Waals surface area contributed by atoms with Gasteiger partial charge in [-0.2, -0.15) is 0 Å². The Kier molecular flexibility index (Phi) is 3.07. The van der Waals surface area contributed by atoms with Crippen molar-refractivity contribution in [2.75, 3.05) is 0 Å². The Bertz CT molecular complexity index is 531. The molecule has 1 amide bonds. The first-order valence-corrected chi connectivity index (χ1v) is 5.78. The van der Waals surface area contributed by atoms with E-state index in [1.54, 1.807) is 0 Å². The molecule has 0 unspecified atom stereocenters. The van der Waals surface area contributed by atoms with Crippen molar-refractivity contribution in [3.63, 3.8) is 0 Å². The first kappa shape index (κ1) is 13.8. The van der Waals surface area contributed by atoms with Gasteiger partial charge in [0.15, 0.2) is 17.3 Å². The van der Waals surface area contributed by atoms with Crippen LogP contribution >= 0.6 is 0 Å². The second kappa shape index (κ2) is 4.21. The first-order valence-electron chi connectivity index (χ1n) is 5.78. The third-order valence-electron chi connectivity index (χ3n) is 3.55. The number of hydrogen-bond donors (Lipinski definition) is 1. The SMILES string of the molecule is C[C@@]1(F)C[C@H](F)[C@@](C)(c2cccc(F)c2F)NC1=O. The summed E-state index contributed by atoms with van der Waals surface area (Å²) in [6, 6.07) is 3.27. The van der Waals surface area contributed by atoms with Crippen LogP contribution in [0.2, 0.25) is 0 Å². The fourth-order valence-electron chi connectivity index (χ4n) is 2.22. The lowest BCUT2D eigenvalue weighted by atomic mass is 9.78.